The van der Waals surface area contributed by atoms with Gasteiger partial charge in [-0.25, -0.2) is 0 Å². The first-order valence-corrected chi connectivity index (χ1v) is 5.71. The zero-order valence-corrected chi connectivity index (χ0v) is 10.1. The van der Waals surface area contributed by atoms with E-state index in [0.717, 1.165) is 13.1 Å². The number of nitro benzene ring substituents is 1. The summed E-state index contributed by atoms with van der Waals surface area (Å²) in [6.45, 7) is 1.94. The molecule has 16 heavy (non-hydrogen) atoms. The number of rotatable bonds is 4. The largest absolute Gasteiger partial charge is 0.371 e. The maximum atomic E-state index is 10.8. The van der Waals surface area contributed by atoms with Crippen molar-refractivity contribution in [2.75, 3.05) is 13.1 Å². The fraction of sp³-hybridized carbons (Fsp3) is 0.400. The standard InChI is InChI=1S/C10H11BrN2O3/c11-8-2-1-7(10(3-8)13(14)15)6-16-9-4-12-5-9/h1-3,9,12H,4-6H2. The van der Waals surface area contributed by atoms with E-state index in [1.165, 1.54) is 6.07 Å². The van der Waals surface area contributed by atoms with Gasteiger partial charge in [-0.05, 0) is 12.1 Å². The minimum atomic E-state index is -0.386. The number of hydrogen-bond acceptors (Lipinski definition) is 4. The zero-order valence-electron chi connectivity index (χ0n) is 8.48. The third-order valence-electron chi connectivity index (χ3n) is 2.46. The van der Waals surface area contributed by atoms with Crippen LogP contribution in [0, 0.1) is 10.1 Å². The molecule has 0 aliphatic carbocycles. The second-order valence-corrected chi connectivity index (χ2v) is 4.54. The fourth-order valence-corrected chi connectivity index (χ4v) is 1.77. The van der Waals surface area contributed by atoms with Crippen LogP contribution in [0.1, 0.15) is 5.56 Å². The lowest BCUT2D eigenvalue weighted by Gasteiger charge is -2.27. The molecule has 1 aliphatic rings. The van der Waals surface area contributed by atoms with Gasteiger partial charge >= 0.3 is 0 Å². The van der Waals surface area contributed by atoms with Crippen molar-refractivity contribution in [3.05, 3.63) is 38.3 Å². The molecule has 2 rings (SSSR count). The molecule has 0 aromatic heterocycles. The van der Waals surface area contributed by atoms with Gasteiger partial charge in [0.1, 0.15) is 0 Å². The highest BCUT2D eigenvalue weighted by molar-refractivity contribution is 9.10. The zero-order chi connectivity index (χ0) is 11.5. The molecule has 1 aromatic carbocycles. The first-order chi connectivity index (χ1) is 7.66. The number of nitro groups is 1. The molecule has 1 aromatic rings. The lowest BCUT2D eigenvalue weighted by atomic mass is 10.2. The van der Waals surface area contributed by atoms with Crippen LogP contribution < -0.4 is 5.32 Å². The molecule has 1 aliphatic heterocycles. The van der Waals surface area contributed by atoms with Crippen LogP contribution in [0.4, 0.5) is 5.69 Å². The van der Waals surface area contributed by atoms with Gasteiger partial charge in [-0.1, -0.05) is 15.9 Å². The van der Waals surface area contributed by atoms with E-state index >= 15 is 0 Å². The summed E-state index contributed by atoms with van der Waals surface area (Å²) < 4.78 is 6.21. The fourth-order valence-electron chi connectivity index (χ4n) is 1.42. The Morgan fingerprint density at radius 3 is 2.88 bits per heavy atom. The normalized spacial score (nSPS) is 15.8. The number of nitrogens with one attached hydrogen (secondary N) is 1. The predicted molar refractivity (Wildman–Crippen MR) is 62.2 cm³/mol. The Morgan fingerprint density at radius 2 is 2.31 bits per heavy atom. The first kappa shape index (κ1) is 11.5. The van der Waals surface area contributed by atoms with Crippen LogP contribution in [0.3, 0.4) is 0 Å². The molecule has 0 unspecified atom stereocenters. The molecule has 1 heterocycles. The lowest BCUT2D eigenvalue weighted by Crippen LogP contribution is -2.48. The molecule has 0 radical (unpaired) electrons. The molecule has 5 nitrogen and oxygen atoms in total. The number of nitrogens with zero attached hydrogens (tertiary/aromatic N) is 1. The Hall–Kier alpha value is -0.980. The molecule has 1 fully saturated rings. The third kappa shape index (κ3) is 2.58. The van der Waals surface area contributed by atoms with Gasteiger partial charge in [0, 0.05) is 23.6 Å². The number of ether oxygens (including phenoxy) is 1. The molecule has 6 heteroatoms. The average Bonchev–Trinajstić information content (AvgIpc) is 2.17. The highest BCUT2D eigenvalue weighted by Gasteiger charge is 2.20. The second-order valence-electron chi connectivity index (χ2n) is 3.62. The maximum Gasteiger partial charge on any atom is 0.276 e. The summed E-state index contributed by atoms with van der Waals surface area (Å²) in [6, 6.07) is 5.00. The van der Waals surface area contributed by atoms with Crippen molar-refractivity contribution in [2.45, 2.75) is 12.7 Å². The number of hydrogen-bond donors (Lipinski definition) is 1. The van der Waals surface area contributed by atoms with E-state index in [2.05, 4.69) is 21.2 Å². The van der Waals surface area contributed by atoms with Gasteiger partial charge in [0.25, 0.3) is 5.69 Å². The summed E-state index contributed by atoms with van der Waals surface area (Å²) in [7, 11) is 0. The SMILES string of the molecule is O=[N+]([O-])c1cc(Br)ccc1COC1CNC1. The average molecular weight is 287 g/mol. The van der Waals surface area contributed by atoms with E-state index in [-0.39, 0.29) is 23.3 Å². The van der Waals surface area contributed by atoms with Crippen LogP contribution in [0.2, 0.25) is 0 Å². The first-order valence-electron chi connectivity index (χ1n) is 4.92. The summed E-state index contributed by atoms with van der Waals surface area (Å²) in [5.41, 5.74) is 0.710. The second kappa shape index (κ2) is 4.90. The van der Waals surface area contributed by atoms with Crippen LogP contribution in [0.25, 0.3) is 0 Å². The van der Waals surface area contributed by atoms with E-state index in [4.69, 9.17) is 4.74 Å². The van der Waals surface area contributed by atoms with E-state index in [0.29, 0.717) is 10.0 Å². The van der Waals surface area contributed by atoms with Gasteiger partial charge in [-0.15, -0.1) is 0 Å². The molecule has 86 valence electrons. The monoisotopic (exact) mass is 286 g/mol. The molecule has 0 bridgehead atoms. The van der Waals surface area contributed by atoms with Crippen LogP contribution in [-0.2, 0) is 11.3 Å². The Bertz CT molecular complexity index is 407. The van der Waals surface area contributed by atoms with Gasteiger partial charge in [0.2, 0.25) is 0 Å². The van der Waals surface area contributed by atoms with E-state index in [9.17, 15) is 10.1 Å². The van der Waals surface area contributed by atoms with Crippen molar-refractivity contribution in [2.24, 2.45) is 0 Å². The van der Waals surface area contributed by atoms with Gasteiger partial charge in [-0.3, -0.25) is 10.1 Å². The molecule has 0 saturated carbocycles. The summed E-state index contributed by atoms with van der Waals surface area (Å²) in [4.78, 5) is 10.4. The molecule has 0 atom stereocenters. The van der Waals surface area contributed by atoms with Crippen molar-refractivity contribution in [1.82, 2.24) is 5.32 Å². The molecular formula is C10H11BrN2O3. The smallest absolute Gasteiger partial charge is 0.276 e. The summed E-state index contributed by atoms with van der Waals surface area (Å²) in [6.07, 6.45) is 0.184. The molecule has 1 N–H and O–H groups in total. The molecule has 1 saturated heterocycles. The quantitative estimate of drug-likeness (QED) is 0.678. The topological polar surface area (TPSA) is 64.4 Å². The highest BCUT2D eigenvalue weighted by atomic mass is 79.9. The Morgan fingerprint density at radius 1 is 1.56 bits per heavy atom. The van der Waals surface area contributed by atoms with Gasteiger partial charge in [-0.2, -0.15) is 0 Å². The van der Waals surface area contributed by atoms with Gasteiger partial charge in [0.15, 0.2) is 0 Å². The third-order valence-corrected chi connectivity index (χ3v) is 2.96. The van der Waals surface area contributed by atoms with E-state index in [1.807, 2.05) is 0 Å². The number of benzene rings is 1. The van der Waals surface area contributed by atoms with E-state index < -0.39 is 0 Å². The molecular weight excluding hydrogens is 276 g/mol. The minimum Gasteiger partial charge on any atom is -0.371 e. The van der Waals surface area contributed by atoms with Gasteiger partial charge in [0.05, 0.1) is 23.2 Å². The summed E-state index contributed by atoms with van der Waals surface area (Å²) in [5.74, 6) is 0. The predicted octanol–water partition coefficient (Wildman–Crippen LogP) is 1.85. The van der Waals surface area contributed by atoms with Crippen LogP contribution in [-0.4, -0.2) is 24.1 Å². The molecule has 0 spiro atoms. The maximum absolute atomic E-state index is 10.8. The lowest BCUT2D eigenvalue weighted by molar-refractivity contribution is -0.386. The van der Waals surface area contributed by atoms with E-state index in [1.54, 1.807) is 12.1 Å². The van der Waals surface area contributed by atoms with Crippen molar-refractivity contribution in [3.63, 3.8) is 0 Å². The Kier molecular flexibility index (Phi) is 3.52. The highest BCUT2D eigenvalue weighted by Crippen LogP contribution is 2.24. The summed E-state index contributed by atoms with van der Waals surface area (Å²) >= 11 is 3.21. The van der Waals surface area contributed by atoms with Crippen molar-refractivity contribution in [3.8, 4) is 0 Å². The van der Waals surface area contributed by atoms with Crippen molar-refractivity contribution < 1.29 is 9.66 Å². The summed E-state index contributed by atoms with van der Waals surface area (Å²) in [5, 5.41) is 13.9. The van der Waals surface area contributed by atoms with Crippen molar-refractivity contribution >= 4 is 21.6 Å². The Balaban J connectivity index is 2.08. The minimum absolute atomic E-state index is 0.0988. The number of halogens is 1. The van der Waals surface area contributed by atoms with Crippen LogP contribution in [0.5, 0.6) is 0 Å². The van der Waals surface area contributed by atoms with Crippen LogP contribution in [0.15, 0.2) is 22.7 Å². The van der Waals surface area contributed by atoms with Crippen molar-refractivity contribution in [1.29, 1.82) is 0 Å². The Labute approximate surface area is 101 Å². The van der Waals surface area contributed by atoms with Crippen LogP contribution >= 0.6 is 15.9 Å². The van der Waals surface area contributed by atoms with Gasteiger partial charge < -0.3 is 10.1 Å². The molecule has 0 amide bonds.